The Bertz CT molecular complexity index is 924. The molecule has 160 valence electrons. The fourth-order valence-electron chi connectivity index (χ4n) is 3.11. The molecule has 1 fully saturated rings. The van der Waals surface area contributed by atoms with E-state index in [2.05, 4.69) is 20.3 Å². The number of allylic oxidation sites excluding steroid dienone is 1. The summed E-state index contributed by atoms with van der Waals surface area (Å²) >= 11 is 0. The molecule has 1 saturated heterocycles. The molecule has 11 nitrogen and oxygen atoms in total. The summed E-state index contributed by atoms with van der Waals surface area (Å²) in [6.07, 6.45) is 1.53. The second-order valence-corrected chi connectivity index (χ2v) is 8.93. The van der Waals surface area contributed by atoms with E-state index in [-0.39, 0.29) is 6.61 Å². The van der Waals surface area contributed by atoms with Crippen molar-refractivity contribution >= 4 is 24.6 Å². The fourth-order valence-corrected chi connectivity index (χ4v) is 3.53. The van der Waals surface area contributed by atoms with Crippen LogP contribution in [0.25, 0.3) is 11.2 Å². The average Bonchev–Trinajstić information content (AvgIpc) is 3.20. The summed E-state index contributed by atoms with van der Waals surface area (Å²) in [5.74, 6) is 0.564. The first-order chi connectivity index (χ1) is 13.7. The smallest absolute Gasteiger partial charge is 0.325 e. The highest BCUT2D eigenvalue weighted by molar-refractivity contribution is 7.51. The average molecular weight is 427 g/mol. The molecule has 3 heterocycles. The zero-order valence-corrected chi connectivity index (χ0v) is 17.6. The lowest BCUT2D eigenvalue weighted by Gasteiger charge is -2.18. The van der Waals surface area contributed by atoms with Gasteiger partial charge in [0.25, 0.3) is 0 Å². The molecule has 29 heavy (non-hydrogen) atoms. The number of aliphatic hydroxyl groups is 1. The summed E-state index contributed by atoms with van der Waals surface area (Å²) in [5.41, 5.74) is 2.19. The molecule has 12 heteroatoms. The summed E-state index contributed by atoms with van der Waals surface area (Å²) in [5, 5.41) is 13.9. The van der Waals surface area contributed by atoms with E-state index >= 15 is 0 Å². The van der Waals surface area contributed by atoms with Gasteiger partial charge >= 0.3 is 7.60 Å². The van der Waals surface area contributed by atoms with Crippen molar-refractivity contribution in [1.82, 2.24) is 19.5 Å². The quantitative estimate of drug-likeness (QED) is 0.417. The number of fused-ring (bicyclic) bond motifs is 1. The maximum Gasteiger partial charge on any atom is 0.325 e. The topological polar surface area (TPSA) is 141 Å². The molecule has 0 saturated carbocycles. The van der Waals surface area contributed by atoms with Crippen molar-refractivity contribution in [3.05, 3.63) is 24.3 Å². The minimum atomic E-state index is -3.69. The van der Waals surface area contributed by atoms with Crippen molar-refractivity contribution in [3.63, 3.8) is 0 Å². The highest BCUT2D eigenvalue weighted by Gasteiger charge is 2.46. The summed E-state index contributed by atoms with van der Waals surface area (Å²) in [6.45, 7) is 5.49. The van der Waals surface area contributed by atoms with E-state index in [1.54, 1.807) is 4.57 Å². The lowest BCUT2D eigenvalue weighted by atomic mass is 10.1. The molecule has 3 rings (SSSR count). The summed E-state index contributed by atoms with van der Waals surface area (Å²) in [7, 11) is -2.26. The Morgan fingerprint density at radius 1 is 1.41 bits per heavy atom. The Balaban J connectivity index is 1.84. The molecule has 1 unspecified atom stereocenters. The monoisotopic (exact) mass is 427 g/mol. The molecule has 2 aromatic heterocycles. The zero-order chi connectivity index (χ0) is 21.2. The van der Waals surface area contributed by atoms with E-state index in [0.29, 0.717) is 23.5 Å². The molecule has 0 aliphatic carbocycles. The molecule has 0 bridgehead atoms. The van der Waals surface area contributed by atoms with E-state index in [1.165, 1.54) is 25.3 Å². The molecular weight excluding hydrogens is 401 g/mol. The number of methoxy groups -OCH3 is 1. The van der Waals surface area contributed by atoms with Gasteiger partial charge < -0.3 is 29.3 Å². The van der Waals surface area contributed by atoms with Gasteiger partial charge in [-0.05, 0) is 13.8 Å². The van der Waals surface area contributed by atoms with Gasteiger partial charge in [-0.25, -0.2) is 15.0 Å². The van der Waals surface area contributed by atoms with E-state index < -0.39 is 32.1 Å². The number of nitrogens with one attached hydrogen (secondary N) is 1. The van der Waals surface area contributed by atoms with Gasteiger partial charge in [0.05, 0.1) is 12.9 Å². The first kappa shape index (κ1) is 21.8. The first-order valence-electron chi connectivity index (χ1n) is 9.07. The van der Waals surface area contributed by atoms with Gasteiger partial charge in [-0.3, -0.25) is 9.13 Å². The molecule has 5 atom stereocenters. The van der Waals surface area contributed by atoms with E-state index in [4.69, 9.17) is 14.0 Å². The van der Waals surface area contributed by atoms with Crippen LogP contribution < -0.4 is 5.32 Å². The van der Waals surface area contributed by atoms with Crippen LogP contribution in [0.5, 0.6) is 0 Å². The minimum Gasteiger partial charge on any atom is -0.386 e. The third-order valence-electron chi connectivity index (χ3n) is 4.47. The van der Waals surface area contributed by atoms with Crippen molar-refractivity contribution < 1.29 is 28.6 Å². The van der Waals surface area contributed by atoms with Crippen LogP contribution >= 0.6 is 7.60 Å². The van der Waals surface area contributed by atoms with Crippen LogP contribution in [0.15, 0.2) is 24.3 Å². The molecule has 1 aliphatic heterocycles. The van der Waals surface area contributed by atoms with Gasteiger partial charge in [-0.2, -0.15) is 0 Å². The Morgan fingerprint density at radius 2 is 2.17 bits per heavy atom. The number of imidazole rings is 1. The van der Waals surface area contributed by atoms with E-state index in [9.17, 15) is 14.6 Å². The van der Waals surface area contributed by atoms with Crippen LogP contribution in [-0.2, 0) is 18.6 Å². The number of anilines is 1. The molecule has 1 aliphatic rings. The second kappa shape index (κ2) is 8.86. The normalized spacial score (nSPS) is 26.4. The molecule has 0 amide bonds. The Morgan fingerprint density at radius 3 is 2.83 bits per heavy atom. The van der Waals surface area contributed by atoms with E-state index in [1.807, 2.05) is 19.9 Å². The van der Waals surface area contributed by atoms with Crippen LogP contribution in [0.1, 0.15) is 20.1 Å². The zero-order valence-electron chi connectivity index (χ0n) is 16.7. The number of aliphatic hydroxyl groups excluding tert-OH is 1. The third-order valence-corrected chi connectivity index (χ3v) is 5.10. The molecular formula is C17H26N5O6P. The summed E-state index contributed by atoms with van der Waals surface area (Å²) < 4.78 is 29.2. The predicted octanol–water partition coefficient (Wildman–Crippen LogP) is 1.31. The van der Waals surface area contributed by atoms with Gasteiger partial charge in [-0.15, -0.1) is 0 Å². The summed E-state index contributed by atoms with van der Waals surface area (Å²) in [6, 6.07) is 0. The first-order valence-corrected chi connectivity index (χ1v) is 11.1. The van der Waals surface area contributed by atoms with E-state index in [0.717, 1.165) is 6.66 Å². The largest absolute Gasteiger partial charge is 0.386 e. The Labute approximate surface area is 168 Å². The number of hydrogen-bond acceptors (Lipinski definition) is 9. The second-order valence-electron chi connectivity index (χ2n) is 7.06. The van der Waals surface area contributed by atoms with Crippen LogP contribution in [0.2, 0.25) is 0 Å². The van der Waals surface area contributed by atoms with Crippen LogP contribution in [-0.4, -0.2) is 74.8 Å². The highest BCUT2D eigenvalue weighted by atomic mass is 31.2. The van der Waals surface area contributed by atoms with Crippen molar-refractivity contribution in [3.8, 4) is 0 Å². The number of ether oxygens (including phenoxy) is 2. The minimum absolute atomic E-state index is 0.201. The van der Waals surface area contributed by atoms with Crippen molar-refractivity contribution in [2.75, 3.05) is 32.2 Å². The fraction of sp³-hybridized carbons (Fsp3) is 0.588. The number of aromatic nitrogens is 4. The highest BCUT2D eigenvalue weighted by Crippen LogP contribution is 2.39. The van der Waals surface area contributed by atoms with Gasteiger partial charge in [0.15, 0.2) is 23.2 Å². The molecule has 0 aromatic carbocycles. The SMILES string of the molecule is CO[C@H]1[C@@H](O)[C@H](n2cnc3c(NCC=C(C)C)ncnc32)O[C@@H]1COP(C)(=O)O. The van der Waals surface area contributed by atoms with Crippen LogP contribution in [0, 0.1) is 0 Å². The number of hydrogen-bond donors (Lipinski definition) is 3. The Hall–Kier alpha value is -1.88. The standard InChI is InChI=1S/C17H26N5O6P/c1-10(2)5-6-18-15-12-16(20-8-19-15)22(9-21-12)17-13(23)14(26-3)11(28-17)7-27-29(4,24)25/h5,8-9,11,13-14,17,23H,6-7H2,1-4H3,(H,24,25)(H,18,19,20)/t11-,13-,14-,17-/m1/s1. The summed E-state index contributed by atoms with van der Waals surface area (Å²) in [4.78, 5) is 22.2. The number of rotatable bonds is 8. The Kier molecular flexibility index (Phi) is 6.67. The molecule has 0 radical (unpaired) electrons. The third kappa shape index (κ3) is 5.00. The van der Waals surface area contributed by atoms with Crippen molar-refractivity contribution in [2.45, 2.75) is 38.4 Å². The van der Waals surface area contributed by atoms with Crippen molar-refractivity contribution in [1.29, 1.82) is 0 Å². The molecule has 2 aromatic rings. The maximum atomic E-state index is 11.4. The van der Waals surface area contributed by atoms with Gasteiger partial charge in [0.2, 0.25) is 0 Å². The lowest BCUT2D eigenvalue weighted by molar-refractivity contribution is -0.0503. The predicted molar refractivity (Wildman–Crippen MR) is 106 cm³/mol. The van der Waals surface area contributed by atoms with Crippen molar-refractivity contribution in [2.24, 2.45) is 0 Å². The number of nitrogens with zero attached hydrogens (tertiary/aromatic N) is 4. The van der Waals surface area contributed by atoms with Crippen LogP contribution in [0.3, 0.4) is 0 Å². The molecule has 0 spiro atoms. The van der Waals surface area contributed by atoms with Gasteiger partial charge in [0, 0.05) is 20.3 Å². The maximum absolute atomic E-state index is 11.4. The van der Waals surface area contributed by atoms with Gasteiger partial charge in [-0.1, -0.05) is 11.6 Å². The molecule has 3 N–H and O–H groups in total. The lowest BCUT2D eigenvalue weighted by Crippen LogP contribution is -2.35. The van der Waals surface area contributed by atoms with Gasteiger partial charge in [0.1, 0.15) is 24.6 Å². The van der Waals surface area contributed by atoms with Crippen LogP contribution in [0.4, 0.5) is 5.82 Å².